The van der Waals surface area contributed by atoms with Crippen LogP contribution in [0.1, 0.15) is 0 Å². The van der Waals surface area contributed by atoms with Gasteiger partial charge in [-0.15, -0.1) is 0 Å². The molecule has 1 aromatic carbocycles. The number of ether oxygens (including phenoxy) is 1. The van der Waals surface area contributed by atoms with Crippen molar-refractivity contribution in [2.24, 2.45) is 5.73 Å². The summed E-state index contributed by atoms with van der Waals surface area (Å²) >= 11 is 3.31. The minimum Gasteiger partial charge on any atom is -0.445 e. The zero-order chi connectivity index (χ0) is 16.1. The van der Waals surface area contributed by atoms with Gasteiger partial charge in [-0.05, 0) is 18.2 Å². The van der Waals surface area contributed by atoms with E-state index >= 15 is 0 Å². The van der Waals surface area contributed by atoms with Crippen molar-refractivity contribution < 1.29 is 13.9 Å². The second-order valence-electron chi connectivity index (χ2n) is 4.30. The van der Waals surface area contributed by atoms with Crippen LogP contribution in [0.5, 0.6) is 0 Å². The molecule has 1 aromatic heterocycles. The monoisotopic (exact) mass is 370 g/mol. The molecule has 2 aromatic rings. The van der Waals surface area contributed by atoms with Crippen molar-refractivity contribution in [1.82, 2.24) is 14.3 Å². The van der Waals surface area contributed by atoms with Crippen molar-refractivity contribution in [1.29, 1.82) is 0 Å². The van der Waals surface area contributed by atoms with Gasteiger partial charge in [0.05, 0.1) is 18.6 Å². The Morgan fingerprint density at radius 1 is 1.50 bits per heavy atom. The van der Waals surface area contributed by atoms with Crippen LogP contribution in [0, 0.1) is 0 Å². The average molecular weight is 371 g/mol. The van der Waals surface area contributed by atoms with E-state index in [1.807, 2.05) is 6.07 Å². The lowest BCUT2D eigenvalue weighted by Gasteiger charge is -2.05. The van der Waals surface area contributed by atoms with Crippen LogP contribution in [-0.4, -0.2) is 27.0 Å². The van der Waals surface area contributed by atoms with Gasteiger partial charge in [0.15, 0.2) is 0 Å². The predicted molar refractivity (Wildman–Crippen MR) is 80.3 cm³/mol. The van der Waals surface area contributed by atoms with Crippen molar-refractivity contribution >= 4 is 22.0 Å². The van der Waals surface area contributed by atoms with Crippen molar-refractivity contribution in [2.45, 2.75) is 6.54 Å². The lowest BCUT2D eigenvalue weighted by Crippen LogP contribution is -2.26. The van der Waals surface area contributed by atoms with E-state index < -0.39 is 11.8 Å². The molecule has 1 heterocycles. The zero-order valence-corrected chi connectivity index (χ0v) is 12.9. The molecule has 1 amide bonds. The number of nitrogens with two attached hydrogens (primary N) is 1. The minimum atomic E-state index is -1.02. The highest BCUT2D eigenvalue weighted by Gasteiger charge is 2.10. The SMILES string of the molecule is NC(=O)OCC(=CF)Cn1ncn(-c2cccc(Br)c2)c1=O. The van der Waals surface area contributed by atoms with E-state index in [9.17, 15) is 14.0 Å². The molecule has 7 nitrogen and oxygen atoms in total. The maximum atomic E-state index is 12.8. The van der Waals surface area contributed by atoms with Gasteiger partial charge in [-0.25, -0.2) is 23.2 Å². The first-order chi connectivity index (χ1) is 10.5. The predicted octanol–water partition coefficient (Wildman–Crippen LogP) is 1.75. The first kappa shape index (κ1) is 16.0. The molecule has 0 spiro atoms. The van der Waals surface area contributed by atoms with Crippen molar-refractivity contribution in [3.63, 3.8) is 0 Å². The molecule has 9 heteroatoms. The largest absolute Gasteiger partial charge is 0.445 e. The number of carbonyl (C=O) groups is 1. The first-order valence-corrected chi connectivity index (χ1v) is 6.91. The molecule has 0 radical (unpaired) electrons. The van der Waals surface area contributed by atoms with E-state index in [1.54, 1.807) is 18.2 Å². The van der Waals surface area contributed by atoms with E-state index in [0.29, 0.717) is 5.69 Å². The molecule has 22 heavy (non-hydrogen) atoms. The number of hydrogen-bond donors (Lipinski definition) is 1. The molecule has 116 valence electrons. The number of rotatable bonds is 5. The zero-order valence-electron chi connectivity index (χ0n) is 11.3. The van der Waals surface area contributed by atoms with Crippen LogP contribution >= 0.6 is 15.9 Å². The van der Waals surface area contributed by atoms with Crippen LogP contribution in [0.15, 0.2) is 51.8 Å². The van der Waals surface area contributed by atoms with Crippen LogP contribution in [0.25, 0.3) is 5.69 Å². The summed E-state index contributed by atoms with van der Waals surface area (Å²) < 4.78 is 20.4. The van der Waals surface area contributed by atoms with E-state index in [0.717, 1.165) is 9.15 Å². The number of benzene rings is 1. The van der Waals surface area contributed by atoms with Gasteiger partial charge in [-0.3, -0.25) is 0 Å². The minimum absolute atomic E-state index is 0.0559. The van der Waals surface area contributed by atoms with Gasteiger partial charge in [-0.2, -0.15) is 5.10 Å². The molecule has 0 aliphatic heterocycles. The summed E-state index contributed by atoms with van der Waals surface area (Å²) in [6, 6.07) is 7.08. The lowest BCUT2D eigenvalue weighted by atomic mass is 10.3. The van der Waals surface area contributed by atoms with Crippen molar-refractivity contribution in [2.75, 3.05) is 6.61 Å². The first-order valence-electron chi connectivity index (χ1n) is 6.12. The van der Waals surface area contributed by atoms with Crippen LogP contribution < -0.4 is 11.4 Å². The fourth-order valence-corrected chi connectivity index (χ4v) is 2.10. The molecule has 0 bridgehead atoms. The summed E-state index contributed by atoms with van der Waals surface area (Å²) in [5.74, 6) is 0. The lowest BCUT2D eigenvalue weighted by molar-refractivity contribution is 0.164. The Morgan fingerprint density at radius 2 is 2.27 bits per heavy atom. The highest BCUT2D eigenvalue weighted by Crippen LogP contribution is 2.13. The summed E-state index contributed by atoms with van der Waals surface area (Å²) in [5.41, 5.74) is 5.03. The summed E-state index contributed by atoms with van der Waals surface area (Å²) in [7, 11) is 0. The third-order valence-corrected chi connectivity index (χ3v) is 3.22. The van der Waals surface area contributed by atoms with Gasteiger partial charge in [0.2, 0.25) is 0 Å². The maximum absolute atomic E-state index is 12.8. The second-order valence-corrected chi connectivity index (χ2v) is 5.21. The molecule has 0 atom stereocenters. The number of nitrogens with zero attached hydrogens (tertiary/aromatic N) is 3. The molecule has 2 N–H and O–H groups in total. The Kier molecular flexibility index (Phi) is 5.10. The van der Waals surface area contributed by atoms with Crippen LogP contribution in [0.4, 0.5) is 9.18 Å². The second kappa shape index (κ2) is 7.03. The van der Waals surface area contributed by atoms with Crippen LogP contribution in [-0.2, 0) is 11.3 Å². The Hall–Kier alpha value is -2.42. The quantitative estimate of drug-likeness (QED) is 0.867. The average Bonchev–Trinajstić information content (AvgIpc) is 2.84. The van der Waals surface area contributed by atoms with Crippen molar-refractivity contribution in [3.8, 4) is 5.69 Å². The number of carbonyl (C=O) groups excluding carboxylic acids is 1. The topological polar surface area (TPSA) is 92.1 Å². The summed E-state index contributed by atoms with van der Waals surface area (Å²) in [6.07, 6.45) is 0.564. The fourth-order valence-electron chi connectivity index (χ4n) is 1.72. The smallest absolute Gasteiger partial charge is 0.404 e. The summed E-state index contributed by atoms with van der Waals surface area (Å²) in [6.45, 7) is -0.494. The maximum Gasteiger partial charge on any atom is 0.404 e. The third kappa shape index (κ3) is 3.82. The molecule has 0 aliphatic carbocycles. The molecule has 0 saturated carbocycles. The molecular formula is C13H12BrFN4O3. The Morgan fingerprint density at radius 3 is 2.91 bits per heavy atom. The molecule has 2 rings (SSSR count). The fraction of sp³-hybridized carbons (Fsp3) is 0.154. The van der Waals surface area contributed by atoms with Gasteiger partial charge in [0, 0.05) is 10.0 Å². The molecule has 0 saturated heterocycles. The summed E-state index contributed by atoms with van der Waals surface area (Å²) in [5, 5.41) is 3.91. The number of aromatic nitrogens is 3. The van der Waals surface area contributed by atoms with Gasteiger partial charge < -0.3 is 10.5 Å². The highest BCUT2D eigenvalue weighted by atomic mass is 79.9. The molecular weight excluding hydrogens is 359 g/mol. The van der Waals surface area contributed by atoms with Crippen molar-refractivity contribution in [3.05, 3.63) is 57.5 Å². The number of halogens is 2. The van der Waals surface area contributed by atoms with Crippen LogP contribution in [0.3, 0.4) is 0 Å². The van der Waals surface area contributed by atoms with E-state index in [4.69, 9.17) is 5.73 Å². The van der Waals surface area contributed by atoms with Gasteiger partial charge >= 0.3 is 11.8 Å². The normalized spacial score (nSPS) is 11.5. The molecule has 0 unspecified atom stereocenters. The Bertz CT molecular complexity index is 769. The standard InChI is InChI=1S/C13H12BrFN4O3/c14-10-2-1-3-11(4-10)18-8-17-19(13(18)21)6-9(5-15)7-22-12(16)20/h1-5,8H,6-7H2,(H2,16,20). The number of primary amides is 1. The summed E-state index contributed by atoms with van der Waals surface area (Å²) in [4.78, 5) is 22.8. The van der Waals surface area contributed by atoms with E-state index in [2.05, 4.69) is 25.8 Å². The number of amides is 1. The Balaban J connectivity index is 2.21. The molecule has 0 aliphatic rings. The Labute approximate surface area is 132 Å². The molecule has 0 fully saturated rings. The van der Waals surface area contributed by atoms with Gasteiger partial charge in [-0.1, -0.05) is 22.0 Å². The van der Waals surface area contributed by atoms with E-state index in [1.165, 1.54) is 10.9 Å². The third-order valence-electron chi connectivity index (χ3n) is 2.73. The van der Waals surface area contributed by atoms with E-state index in [-0.39, 0.29) is 25.1 Å². The number of hydrogen-bond acceptors (Lipinski definition) is 4. The highest BCUT2D eigenvalue weighted by molar-refractivity contribution is 9.10. The van der Waals surface area contributed by atoms with Gasteiger partial charge in [0.1, 0.15) is 12.9 Å². The van der Waals surface area contributed by atoms with Crippen LogP contribution in [0.2, 0.25) is 0 Å². The van der Waals surface area contributed by atoms with Gasteiger partial charge in [0.25, 0.3) is 0 Å².